The molecule has 0 aliphatic rings. The topological polar surface area (TPSA) is 144 Å². The molecule has 256 valence electrons. The minimum Gasteiger partial charge on any atom is -0.491 e. The molecule has 2 aromatic carbocycles. The first-order chi connectivity index (χ1) is 22.8. The summed E-state index contributed by atoms with van der Waals surface area (Å²) in [5.74, 6) is 0.740. The number of nitrogens with one attached hydrogen (secondary N) is 3. The van der Waals surface area contributed by atoms with Crippen molar-refractivity contribution in [1.82, 2.24) is 9.97 Å². The maximum absolute atomic E-state index is 13.5. The van der Waals surface area contributed by atoms with Crippen molar-refractivity contribution in [2.75, 3.05) is 34.2 Å². The smallest absolute Gasteiger partial charge is 0.362 e. The number of urea groups is 2. The average Bonchev–Trinajstić information content (AvgIpc) is 3.59. The number of aromatic nitrogens is 2. The first kappa shape index (κ1) is 36.9. The molecule has 0 fully saturated rings. The first-order valence-electron chi connectivity index (χ1n) is 14.9. The number of thiazole rings is 2. The van der Waals surface area contributed by atoms with Gasteiger partial charge in [0.25, 0.3) is 0 Å². The lowest BCUT2D eigenvalue weighted by Crippen LogP contribution is -2.37. The van der Waals surface area contributed by atoms with E-state index in [1.807, 2.05) is 65.8 Å². The molecule has 0 spiro atoms. The van der Waals surface area contributed by atoms with Crippen LogP contribution in [0.15, 0.2) is 46.4 Å². The Morgan fingerprint density at radius 3 is 2.02 bits per heavy atom. The van der Waals surface area contributed by atoms with Crippen molar-refractivity contribution in [1.29, 1.82) is 0 Å². The fourth-order valence-corrected chi connectivity index (χ4v) is 6.07. The van der Waals surface area contributed by atoms with Gasteiger partial charge in [-0.2, -0.15) is 0 Å². The van der Waals surface area contributed by atoms with Gasteiger partial charge >= 0.3 is 18.0 Å². The zero-order valence-corrected chi connectivity index (χ0v) is 31.2. The highest BCUT2D eigenvalue weighted by Crippen LogP contribution is 2.32. The number of benzene rings is 2. The van der Waals surface area contributed by atoms with Gasteiger partial charge in [0.2, 0.25) is 5.13 Å². The Bertz CT molecular complexity index is 1760. The molecule has 0 aliphatic carbocycles. The Labute approximate surface area is 300 Å². The highest BCUT2D eigenvalue weighted by atomic mass is 79.9. The summed E-state index contributed by atoms with van der Waals surface area (Å²) in [6.07, 6.45) is 1.08. The van der Waals surface area contributed by atoms with Gasteiger partial charge in [0.15, 0.2) is 5.13 Å². The molecule has 16 heteroatoms. The van der Waals surface area contributed by atoms with Crippen LogP contribution in [0.1, 0.15) is 44.5 Å². The van der Waals surface area contributed by atoms with E-state index in [9.17, 15) is 14.4 Å². The number of nitrogens with zero attached hydrogens (tertiary/aromatic N) is 3. The second-order valence-electron chi connectivity index (χ2n) is 11.5. The van der Waals surface area contributed by atoms with E-state index in [0.29, 0.717) is 45.8 Å². The molecule has 48 heavy (non-hydrogen) atoms. The van der Waals surface area contributed by atoms with Crippen molar-refractivity contribution in [2.45, 2.75) is 48.0 Å². The van der Waals surface area contributed by atoms with Crippen LogP contribution in [0.4, 0.5) is 31.2 Å². The van der Waals surface area contributed by atoms with Crippen LogP contribution in [0.25, 0.3) is 0 Å². The molecule has 0 aliphatic heterocycles. The van der Waals surface area contributed by atoms with Gasteiger partial charge in [0, 0.05) is 0 Å². The van der Waals surface area contributed by atoms with Gasteiger partial charge < -0.3 is 24.9 Å². The Balaban J connectivity index is 1.43. The van der Waals surface area contributed by atoms with E-state index >= 15 is 0 Å². The predicted octanol–water partition coefficient (Wildman–Crippen LogP) is 9.09. The lowest BCUT2D eigenvalue weighted by atomic mass is 10.2. The number of amides is 4. The van der Waals surface area contributed by atoms with Gasteiger partial charge in [-0.15, -0.1) is 0 Å². The number of halogens is 2. The van der Waals surface area contributed by atoms with E-state index in [-0.39, 0.29) is 26.2 Å². The number of aryl methyl sites for hydroxylation is 2. The molecule has 0 unspecified atom stereocenters. The largest absolute Gasteiger partial charge is 0.491 e. The molecule has 4 aromatic rings. The molecule has 12 nitrogen and oxygen atoms in total. The summed E-state index contributed by atoms with van der Waals surface area (Å²) in [4.78, 5) is 53.4. The number of hydrogen-bond donors (Lipinski definition) is 3. The molecule has 0 saturated carbocycles. The molecule has 4 amide bonds. The zero-order chi connectivity index (χ0) is 35.0. The number of rotatable bonds is 12. The number of anilines is 4. The van der Waals surface area contributed by atoms with Crippen molar-refractivity contribution in [3.05, 3.63) is 67.5 Å². The summed E-state index contributed by atoms with van der Waals surface area (Å²) in [7, 11) is 0. The van der Waals surface area contributed by atoms with Gasteiger partial charge in [0.1, 0.15) is 15.8 Å². The SMILES string of the molecule is Cc1ccc(NC(=O)Nc2nc(CC(=O)ON(C(=O)Nc3ccc(C)cc3OCC(C)C)c3ncc(Br)s3)c(Cl)s2)c(OCC(C)C)c1. The van der Waals surface area contributed by atoms with Gasteiger partial charge in [0.05, 0.1) is 46.7 Å². The van der Waals surface area contributed by atoms with E-state index in [4.69, 9.17) is 25.9 Å². The van der Waals surface area contributed by atoms with Crippen LogP contribution in [0, 0.1) is 25.7 Å². The Morgan fingerprint density at radius 1 is 0.896 bits per heavy atom. The highest BCUT2D eigenvalue weighted by Gasteiger charge is 2.27. The summed E-state index contributed by atoms with van der Waals surface area (Å²) in [5, 5.41) is 9.17. The predicted molar refractivity (Wildman–Crippen MR) is 194 cm³/mol. The van der Waals surface area contributed by atoms with Gasteiger partial charge in [-0.3, -0.25) is 5.32 Å². The summed E-state index contributed by atoms with van der Waals surface area (Å²) in [6.45, 7) is 12.9. The third-order valence-electron chi connectivity index (χ3n) is 6.11. The van der Waals surface area contributed by atoms with Gasteiger partial charge in [-0.1, -0.05) is 79.2 Å². The lowest BCUT2D eigenvalue weighted by Gasteiger charge is -2.20. The van der Waals surface area contributed by atoms with E-state index < -0.39 is 24.5 Å². The monoisotopic (exact) mass is 778 g/mol. The molecule has 4 rings (SSSR count). The fourth-order valence-electron chi connectivity index (χ4n) is 3.91. The quantitative estimate of drug-likeness (QED) is 0.121. The number of hydrogen-bond acceptors (Lipinski definition) is 10. The fraction of sp³-hybridized carbons (Fsp3) is 0.344. The maximum atomic E-state index is 13.5. The van der Waals surface area contributed by atoms with Crippen molar-refractivity contribution >= 4 is 89.9 Å². The number of hydroxylamine groups is 1. The molecule has 2 heterocycles. The standard InChI is InChI=1S/C32H36BrClN6O6S2/c1-17(2)15-44-24-11-19(5)7-9-21(24)36-29(42)39-30-37-23(28(34)48-30)13-27(41)46-40(32-35-14-26(33)47-32)31(43)38-22-10-8-20(6)12-25(22)45-16-18(3)4/h7-12,14,17-18H,13,15-16H2,1-6H3,(H,38,43)(H2,36,37,39,42). The third-order valence-corrected chi connectivity index (χ3v) is 8.80. The second-order valence-corrected chi connectivity index (χ2v) is 15.5. The van der Waals surface area contributed by atoms with Crippen LogP contribution in [0.5, 0.6) is 11.5 Å². The summed E-state index contributed by atoms with van der Waals surface area (Å²) in [6, 6.07) is 9.44. The normalized spacial score (nSPS) is 11.0. The minimum absolute atomic E-state index is 0.0979. The van der Waals surface area contributed by atoms with Gasteiger partial charge in [-0.25, -0.2) is 24.4 Å². The Kier molecular flexibility index (Phi) is 13.0. The van der Waals surface area contributed by atoms with E-state index in [1.54, 1.807) is 12.1 Å². The Morgan fingerprint density at radius 2 is 1.48 bits per heavy atom. The van der Waals surface area contributed by atoms with Crippen LogP contribution in [0.2, 0.25) is 4.34 Å². The second kappa shape index (κ2) is 17.0. The van der Waals surface area contributed by atoms with Crippen LogP contribution < -0.4 is 30.5 Å². The third kappa shape index (κ3) is 10.8. The molecule has 3 N–H and O–H groups in total. The van der Waals surface area contributed by atoms with Crippen molar-refractivity contribution in [2.24, 2.45) is 11.8 Å². The Hall–Kier alpha value is -3.92. The van der Waals surface area contributed by atoms with Crippen LogP contribution in [-0.2, 0) is 16.1 Å². The van der Waals surface area contributed by atoms with Crippen LogP contribution >= 0.6 is 50.2 Å². The molecular formula is C32H36BrClN6O6S2. The molecule has 0 radical (unpaired) electrons. The van der Waals surface area contributed by atoms with Crippen LogP contribution in [-0.4, -0.2) is 41.2 Å². The van der Waals surface area contributed by atoms with Crippen molar-refractivity contribution in [3.8, 4) is 11.5 Å². The molecule has 0 bridgehead atoms. The van der Waals surface area contributed by atoms with Crippen molar-refractivity contribution < 1.29 is 28.7 Å². The number of carbonyl (C=O) groups excluding carboxylic acids is 3. The van der Waals surface area contributed by atoms with E-state index in [1.165, 1.54) is 6.20 Å². The maximum Gasteiger partial charge on any atom is 0.362 e. The summed E-state index contributed by atoms with van der Waals surface area (Å²) < 4.78 is 12.6. The zero-order valence-electron chi connectivity index (χ0n) is 27.2. The summed E-state index contributed by atoms with van der Waals surface area (Å²) >= 11 is 11.8. The lowest BCUT2D eigenvalue weighted by molar-refractivity contribution is -0.143. The molecule has 0 atom stereocenters. The number of carbonyl (C=O) groups is 3. The average molecular weight is 780 g/mol. The minimum atomic E-state index is -0.841. The van der Waals surface area contributed by atoms with Crippen LogP contribution in [0.3, 0.4) is 0 Å². The highest BCUT2D eigenvalue weighted by molar-refractivity contribution is 9.11. The van der Waals surface area contributed by atoms with E-state index in [2.05, 4.69) is 41.8 Å². The van der Waals surface area contributed by atoms with E-state index in [0.717, 1.165) is 38.9 Å². The molecule has 2 aromatic heterocycles. The van der Waals surface area contributed by atoms with Crippen molar-refractivity contribution in [3.63, 3.8) is 0 Å². The number of ether oxygens (including phenoxy) is 2. The first-order valence-corrected chi connectivity index (χ1v) is 17.7. The molecular weight excluding hydrogens is 744 g/mol. The van der Waals surface area contributed by atoms with Gasteiger partial charge in [-0.05, 0) is 77.0 Å². The summed E-state index contributed by atoms with van der Waals surface area (Å²) in [5.41, 5.74) is 2.96. The molecule has 0 saturated heterocycles.